The van der Waals surface area contributed by atoms with Gasteiger partial charge in [0.05, 0.1) is 16.7 Å². The third-order valence-electron chi connectivity index (χ3n) is 2.01. The SMILES string of the molecule is NNC(=O)Nc1nc2ccc(NN)cc2[nH]1. The largest absolute Gasteiger partial charge is 0.335 e. The molecule has 8 nitrogen and oxygen atoms in total. The van der Waals surface area contributed by atoms with Gasteiger partial charge in [0.1, 0.15) is 0 Å². The van der Waals surface area contributed by atoms with Crippen LogP contribution in [0.4, 0.5) is 16.4 Å². The van der Waals surface area contributed by atoms with Gasteiger partial charge >= 0.3 is 6.03 Å². The molecule has 0 fully saturated rings. The second kappa shape index (κ2) is 4.04. The summed E-state index contributed by atoms with van der Waals surface area (Å²) in [6.45, 7) is 0. The van der Waals surface area contributed by atoms with Gasteiger partial charge in [-0.15, -0.1) is 0 Å². The minimum Gasteiger partial charge on any atom is -0.324 e. The number of imidazole rings is 1. The maximum absolute atomic E-state index is 10.9. The number of nitrogens with zero attached hydrogens (tertiary/aromatic N) is 1. The Morgan fingerprint density at radius 3 is 2.88 bits per heavy atom. The minimum atomic E-state index is -0.545. The molecule has 8 N–H and O–H groups in total. The topological polar surface area (TPSA) is 134 Å². The van der Waals surface area contributed by atoms with Crippen molar-refractivity contribution < 1.29 is 4.79 Å². The number of hydrogen-bond donors (Lipinski definition) is 6. The van der Waals surface area contributed by atoms with Crippen LogP contribution in [0, 0.1) is 0 Å². The molecule has 0 aliphatic carbocycles. The highest BCUT2D eigenvalue weighted by molar-refractivity contribution is 5.90. The number of urea groups is 1. The summed E-state index contributed by atoms with van der Waals surface area (Å²) >= 11 is 0. The predicted octanol–water partition coefficient (Wildman–Crippen LogP) is -0.156. The van der Waals surface area contributed by atoms with Crippen LogP contribution < -0.4 is 27.9 Å². The highest BCUT2D eigenvalue weighted by atomic mass is 16.2. The summed E-state index contributed by atoms with van der Waals surface area (Å²) in [5.41, 5.74) is 6.66. The third kappa shape index (κ3) is 1.87. The van der Waals surface area contributed by atoms with Crippen molar-refractivity contribution in [3.05, 3.63) is 18.2 Å². The number of hydrazine groups is 2. The van der Waals surface area contributed by atoms with Crippen LogP contribution in [-0.4, -0.2) is 16.0 Å². The normalized spacial score (nSPS) is 10.1. The standard InChI is InChI=1S/C8H11N7O/c9-14-4-1-2-5-6(3-4)12-7(11-5)13-8(16)15-10/h1-3,14H,9-10H2,(H3,11,12,13,15,16). The summed E-state index contributed by atoms with van der Waals surface area (Å²) in [7, 11) is 0. The van der Waals surface area contributed by atoms with E-state index in [1.54, 1.807) is 18.2 Å². The molecule has 84 valence electrons. The first kappa shape index (κ1) is 10.2. The number of carbonyl (C=O) groups is 1. The van der Waals surface area contributed by atoms with E-state index >= 15 is 0 Å². The fourth-order valence-corrected chi connectivity index (χ4v) is 1.30. The molecule has 0 saturated heterocycles. The number of aromatic amines is 1. The molecule has 8 heteroatoms. The summed E-state index contributed by atoms with van der Waals surface area (Å²) in [4.78, 5) is 18.0. The highest BCUT2D eigenvalue weighted by Crippen LogP contribution is 2.18. The van der Waals surface area contributed by atoms with Gasteiger partial charge in [0.25, 0.3) is 0 Å². The quantitative estimate of drug-likeness (QED) is 0.238. The van der Waals surface area contributed by atoms with Crippen molar-refractivity contribution in [3.8, 4) is 0 Å². The van der Waals surface area contributed by atoms with E-state index in [9.17, 15) is 4.79 Å². The smallest absolute Gasteiger partial charge is 0.324 e. The van der Waals surface area contributed by atoms with Gasteiger partial charge in [-0.05, 0) is 18.2 Å². The summed E-state index contributed by atoms with van der Waals surface area (Å²) < 4.78 is 0. The Morgan fingerprint density at radius 1 is 1.38 bits per heavy atom. The molecule has 0 spiro atoms. The number of fused-ring (bicyclic) bond motifs is 1. The summed E-state index contributed by atoms with van der Waals surface area (Å²) in [5, 5.41) is 2.43. The molecule has 1 aromatic carbocycles. The second-order valence-electron chi connectivity index (χ2n) is 3.06. The number of anilines is 2. The van der Waals surface area contributed by atoms with Crippen molar-refractivity contribution in [1.29, 1.82) is 0 Å². The summed E-state index contributed by atoms with van der Waals surface area (Å²) in [6.07, 6.45) is 0. The number of carbonyl (C=O) groups excluding carboxylic acids is 1. The maximum atomic E-state index is 10.9. The lowest BCUT2D eigenvalue weighted by Crippen LogP contribution is -2.34. The first-order valence-corrected chi connectivity index (χ1v) is 4.47. The molecule has 2 rings (SSSR count). The van der Waals surface area contributed by atoms with E-state index in [1.807, 2.05) is 5.43 Å². The number of rotatable bonds is 2. The number of hydrogen-bond acceptors (Lipinski definition) is 5. The number of nitrogens with two attached hydrogens (primary N) is 2. The van der Waals surface area contributed by atoms with E-state index in [-0.39, 0.29) is 0 Å². The average molecular weight is 221 g/mol. The Hall–Kier alpha value is -2.32. The first-order valence-electron chi connectivity index (χ1n) is 4.47. The van der Waals surface area contributed by atoms with E-state index in [1.165, 1.54) is 0 Å². The molecule has 2 aromatic rings. The van der Waals surface area contributed by atoms with Gasteiger partial charge in [0.15, 0.2) is 0 Å². The number of nitrogen functional groups attached to an aromatic ring is 1. The fraction of sp³-hybridized carbons (Fsp3) is 0. The van der Waals surface area contributed by atoms with Crippen molar-refractivity contribution in [2.45, 2.75) is 0 Å². The lowest BCUT2D eigenvalue weighted by atomic mass is 10.3. The molecule has 0 atom stereocenters. The van der Waals surface area contributed by atoms with Crippen molar-refractivity contribution in [3.63, 3.8) is 0 Å². The number of H-pyrrole nitrogens is 1. The lowest BCUT2D eigenvalue weighted by Gasteiger charge is -1.98. The van der Waals surface area contributed by atoms with E-state index in [0.29, 0.717) is 11.5 Å². The van der Waals surface area contributed by atoms with Crippen LogP contribution in [0.3, 0.4) is 0 Å². The number of aromatic nitrogens is 2. The first-order chi connectivity index (χ1) is 7.72. The van der Waals surface area contributed by atoms with E-state index in [0.717, 1.165) is 11.2 Å². The molecule has 0 unspecified atom stereocenters. The predicted molar refractivity (Wildman–Crippen MR) is 60.2 cm³/mol. The third-order valence-corrected chi connectivity index (χ3v) is 2.01. The van der Waals surface area contributed by atoms with E-state index in [2.05, 4.69) is 20.7 Å². The Bertz CT molecular complexity index is 520. The van der Waals surface area contributed by atoms with Crippen LogP contribution in [0.5, 0.6) is 0 Å². The van der Waals surface area contributed by atoms with Crippen LogP contribution in [0.15, 0.2) is 18.2 Å². The Morgan fingerprint density at radius 2 is 2.19 bits per heavy atom. The van der Waals surface area contributed by atoms with Gasteiger partial charge in [0, 0.05) is 0 Å². The maximum Gasteiger partial charge on any atom is 0.335 e. The summed E-state index contributed by atoms with van der Waals surface area (Å²) in [6, 6.07) is 4.77. The molecule has 16 heavy (non-hydrogen) atoms. The second-order valence-corrected chi connectivity index (χ2v) is 3.06. The van der Waals surface area contributed by atoms with Gasteiger partial charge in [-0.25, -0.2) is 15.6 Å². The van der Waals surface area contributed by atoms with Crippen LogP contribution in [0.25, 0.3) is 11.0 Å². The fourth-order valence-electron chi connectivity index (χ4n) is 1.30. The zero-order chi connectivity index (χ0) is 11.5. The van der Waals surface area contributed by atoms with Crippen LogP contribution in [0.1, 0.15) is 0 Å². The van der Waals surface area contributed by atoms with Crippen LogP contribution in [0.2, 0.25) is 0 Å². The molecular formula is C8H11N7O. The molecule has 1 aromatic heterocycles. The van der Waals surface area contributed by atoms with Crippen molar-refractivity contribution >= 4 is 28.7 Å². The van der Waals surface area contributed by atoms with Gasteiger partial charge in [-0.1, -0.05) is 0 Å². The monoisotopic (exact) mass is 221 g/mol. The molecule has 0 saturated carbocycles. The lowest BCUT2D eigenvalue weighted by molar-refractivity contribution is 0.252. The van der Waals surface area contributed by atoms with E-state index < -0.39 is 6.03 Å². The van der Waals surface area contributed by atoms with Gasteiger partial charge in [-0.3, -0.25) is 16.6 Å². The number of amides is 2. The van der Waals surface area contributed by atoms with Crippen molar-refractivity contribution in [2.24, 2.45) is 11.7 Å². The summed E-state index contributed by atoms with van der Waals surface area (Å²) in [5.74, 6) is 10.5. The van der Waals surface area contributed by atoms with Crippen molar-refractivity contribution in [2.75, 3.05) is 10.7 Å². The Balaban J connectivity index is 2.32. The van der Waals surface area contributed by atoms with E-state index in [4.69, 9.17) is 11.7 Å². The molecule has 1 heterocycles. The zero-order valence-corrected chi connectivity index (χ0v) is 8.24. The van der Waals surface area contributed by atoms with Gasteiger partial charge in [0.2, 0.25) is 5.95 Å². The van der Waals surface area contributed by atoms with Gasteiger partial charge < -0.3 is 10.4 Å². The highest BCUT2D eigenvalue weighted by Gasteiger charge is 2.05. The van der Waals surface area contributed by atoms with Crippen LogP contribution in [-0.2, 0) is 0 Å². The molecular weight excluding hydrogens is 210 g/mol. The Labute approximate surface area is 90.3 Å². The van der Waals surface area contributed by atoms with Crippen molar-refractivity contribution in [1.82, 2.24) is 15.4 Å². The molecule has 2 amide bonds. The molecule has 0 bridgehead atoms. The number of benzene rings is 1. The van der Waals surface area contributed by atoms with Crippen LogP contribution >= 0.6 is 0 Å². The molecule has 0 radical (unpaired) electrons. The minimum absolute atomic E-state index is 0.312. The Kier molecular flexibility index (Phi) is 2.58. The number of nitrogens with one attached hydrogen (secondary N) is 4. The zero-order valence-electron chi connectivity index (χ0n) is 8.24. The molecule has 0 aliphatic rings. The van der Waals surface area contributed by atoms with Gasteiger partial charge in [-0.2, -0.15) is 0 Å². The molecule has 0 aliphatic heterocycles. The average Bonchev–Trinajstić information content (AvgIpc) is 2.69.